The number of aromatic hydroxyl groups is 1. The lowest BCUT2D eigenvalue weighted by molar-refractivity contribution is 0.0734. The number of hydrogen-bond donors (Lipinski definition) is 1. The van der Waals surface area contributed by atoms with Crippen LogP contribution in [-0.4, -0.2) is 11.1 Å². The number of hydrogen-bond acceptors (Lipinski definition) is 3. The van der Waals surface area contributed by atoms with Crippen molar-refractivity contribution in [1.82, 2.24) is 0 Å². The molecule has 0 spiro atoms. The van der Waals surface area contributed by atoms with E-state index in [1.807, 2.05) is 19.1 Å². The van der Waals surface area contributed by atoms with Crippen molar-refractivity contribution in [3.8, 4) is 11.5 Å². The molecule has 18 heavy (non-hydrogen) atoms. The first kappa shape index (κ1) is 12.2. The molecule has 2 aromatic carbocycles. The number of phenolic OH excluding ortho intramolecular Hbond substituents is 1. The average Bonchev–Trinajstić information content (AvgIpc) is 2.34. The summed E-state index contributed by atoms with van der Waals surface area (Å²) in [5.41, 5.74) is 2.27. The fourth-order valence-electron chi connectivity index (χ4n) is 1.55. The van der Waals surface area contributed by atoms with Crippen LogP contribution in [-0.2, 0) is 0 Å². The Bertz CT molecular complexity index is 571. The number of esters is 1. The first-order valence-electron chi connectivity index (χ1n) is 5.65. The van der Waals surface area contributed by atoms with E-state index >= 15 is 0 Å². The summed E-state index contributed by atoms with van der Waals surface area (Å²) in [5, 5.41) is 9.38. The van der Waals surface area contributed by atoms with Gasteiger partial charge in [-0.3, -0.25) is 0 Å². The van der Waals surface area contributed by atoms with Crippen LogP contribution in [0, 0.1) is 13.8 Å². The fraction of sp³-hybridized carbons (Fsp3) is 0.133. The number of ether oxygens (including phenoxy) is 1. The largest absolute Gasteiger partial charge is 0.508 e. The Morgan fingerprint density at radius 1 is 1.06 bits per heavy atom. The van der Waals surface area contributed by atoms with Crippen LogP contribution >= 0.6 is 0 Å². The quantitative estimate of drug-likeness (QED) is 0.649. The van der Waals surface area contributed by atoms with Crippen molar-refractivity contribution in [2.24, 2.45) is 0 Å². The maximum absolute atomic E-state index is 11.8. The molecule has 0 fully saturated rings. The summed E-state index contributed by atoms with van der Waals surface area (Å²) < 4.78 is 5.23. The van der Waals surface area contributed by atoms with Crippen molar-refractivity contribution in [1.29, 1.82) is 0 Å². The highest BCUT2D eigenvalue weighted by molar-refractivity contribution is 5.91. The Kier molecular flexibility index (Phi) is 3.33. The minimum atomic E-state index is -0.403. The van der Waals surface area contributed by atoms with E-state index in [0.29, 0.717) is 16.9 Å². The van der Waals surface area contributed by atoms with Crippen LogP contribution in [0.3, 0.4) is 0 Å². The topological polar surface area (TPSA) is 46.5 Å². The van der Waals surface area contributed by atoms with Gasteiger partial charge in [0.15, 0.2) is 0 Å². The van der Waals surface area contributed by atoms with Crippen LogP contribution in [0.25, 0.3) is 0 Å². The summed E-state index contributed by atoms with van der Waals surface area (Å²) in [4.78, 5) is 11.8. The predicted molar refractivity (Wildman–Crippen MR) is 69.0 cm³/mol. The van der Waals surface area contributed by atoms with Crippen molar-refractivity contribution in [2.75, 3.05) is 0 Å². The Balaban J connectivity index is 2.16. The van der Waals surface area contributed by atoms with Gasteiger partial charge in [0.05, 0.1) is 5.56 Å². The summed E-state index contributed by atoms with van der Waals surface area (Å²) in [7, 11) is 0. The molecule has 0 aliphatic rings. The Morgan fingerprint density at radius 3 is 2.33 bits per heavy atom. The number of benzene rings is 2. The first-order chi connectivity index (χ1) is 8.56. The van der Waals surface area contributed by atoms with E-state index in [-0.39, 0.29) is 5.75 Å². The number of aryl methyl sites for hydroxylation is 2. The lowest BCUT2D eigenvalue weighted by Gasteiger charge is -2.06. The van der Waals surface area contributed by atoms with E-state index in [2.05, 4.69) is 0 Å². The third-order valence-corrected chi connectivity index (χ3v) is 2.67. The molecule has 0 aliphatic carbocycles. The van der Waals surface area contributed by atoms with E-state index in [0.717, 1.165) is 5.56 Å². The van der Waals surface area contributed by atoms with Gasteiger partial charge in [-0.2, -0.15) is 0 Å². The number of carbonyl (C=O) groups excluding carboxylic acids is 1. The van der Waals surface area contributed by atoms with Crippen LogP contribution in [0.1, 0.15) is 21.5 Å². The maximum atomic E-state index is 11.8. The number of carbonyl (C=O) groups is 1. The Morgan fingerprint density at radius 2 is 1.72 bits per heavy atom. The summed E-state index contributed by atoms with van der Waals surface area (Å²) in [6.45, 7) is 3.71. The fourth-order valence-corrected chi connectivity index (χ4v) is 1.55. The highest BCUT2D eigenvalue weighted by Gasteiger charge is 2.08. The van der Waals surface area contributed by atoms with E-state index in [1.54, 1.807) is 31.2 Å². The molecular weight excluding hydrogens is 228 g/mol. The lowest BCUT2D eigenvalue weighted by atomic mass is 10.1. The van der Waals surface area contributed by atoms with Crippen LogP contribution in [0.2, 0.25) is 0 Å². The van der Waals surface area contributed by atoms with E-state index in [4.69, 9.17) is 4.74 Å². The SMILES string of the molecule is Cc1ccc(C(=O)Oc2ccc(O)c(C)c2)cc1. The molecular formula is C15H14O3. The minimum absolute atomic E-state index is 0.185. The zero-order valence-corrected chi connectivity index (χ0v) is 10.3. The molecule has 2 aromatic rings. The molecule has 0 atom stereocenters. The third kappa shape index (κ3) is 2.69. The second kappa shape index (κ2) is 4.92. The monoisotopic (exact) mass is 242 g/mol. The smallest absolute Gasteiger partial charge is 0.343 e. The van der Waals surface area contributed by atoms with Crippen molar-refractivity contribution >= 4 is 5.97 Å². The molecule has 0 aromatic heterocycles. The van der Waals surface area contributed by atoms with Crippen LogP contribution in [0.5, 0.6) is 11.5 Å². The molecule has 3 heteroatoms. The molecule has 92 valence electrons. The molecule has 2 rings (SSSR count). The van der Waals surface area contributed by atoms with Gasteiger partial charge in [-0.15, -0.1) is 0 Å². The summed E-state index contributed by atoms with van der Waals surface area (Å²) >= 11 is 0. The third-order valence-electron chi connectivity index (χ3n) is 2.67. The van der Waals surface area contributed by atoms with Crippen LogP contribution in [0.15, 0.2) is 42.5 Å². The molecule has 3 nitrogen and oxygen atoms in total. The molecule has 0 amide bonds. The molecule has 0 bridgehead atoms. The second-order valence-corrected chi connectivity index (χ2v) is 4.20. The van der Waals surface area contributed by atoms with Gasteiger partial charge in [0.2, 0.25) is 0 Å². The van der Waals surface area contributed by atoms with Crippen molar-refractivity contribution in [3.63, 3.8) is 0 Å². The molecule has 0 heterocycles. The highest BCUT2D eigenvalue weighted by atomic mass is 16.5. The summed E-state index contributed by atoms with van der Waals surface area (Å²) in [5.74, 6) is 0.209. The van der Waals surface area contributed by atoms with Crippen LogP contribution < -0.4 is 4.74 Å². The van der Waals surface area contributed by atoms with Crippen LogP contribution in [0.4, 0.5) is 0 Å². The van der Waals surface area contributed by atoms with Gasteiger partial charge in [0, 0.05) is 0 Å². The van der Waals surface area contributed by atoms with E-state index in [1.165, 1.54) is 6.07 Å². The van der Waals surface area contributed by atoms with Gasteiger partial charge < -0.3 is 9.84 Å². The molecule has 0 radical (unpaired) electrons. The van der Waals surface area contributed by atoms with Gasteiger partial charge in [0.25, 0.3) is 0 Å². The van der Waals surface area contributed by atoms with E-state index < -0.39 is 5.97 Å². The Hall–Kier alpha value is -2.29. The average molecular weight is 242 g/mol. The number of rotatable bonds is 2. The molecule has 0 saturated carbocycles. The van der Waals surface area contributed by atoms with Crippen molar-refractivity contribution in [2.45, 2.75) is 13.8 Å². The predicted octanol–water partition coefficient (Wildman–Crippen LogP) is 3.23. The molecule has 0 aliphatic heterocycles. The zero-order chi connectivity index (χ0) is 13.1. The van der Waals surface area contributed by atoms with Gasteiger partial charge >= 0.3 is 5.97 Å². The lowest BCUT2D eigenvalue weighted by Crippen LogP contribution is -2.08. The summed E-state index contributed by atoms with van der Waals surface area (Å²) in [6, 6.07) is 11.9. The van der Waals surface area contributed by atoms with Gasteiger partial charge in [-0.25, -0.2) is 4.79 Å². The van der Waals surface area contributed by atoms with Gasteiger partial charge in [0.1, 0.15) is 11.5 Å². The number of phenols is 1. The van der Waals surface area contributed by atoms with Crippen molar-refractivity contribution in [3.05, 3.63) is 59.2 Å². The maximum Gasteiger partial charge on any atom is 0.343 e. The second-order valence-electron chi connectivity index (χ2n) is 4.20. The van der Waals surface area contributed by atoms with Crippen molar-refractivity contribution < 1.29 is 14.6 Å². The summed E-state index contributed by atoms with van der Waals surface area (Å²) in [6.07, 6.45) is 0. The molecule has 0 unspecified atom stereocenters. The Labute approximate surface area is 106 Å². The first-order valence-corrected chi connectivity index (χ1v) is 5.65. The molecule has 0 saturated heterocycles. The minimum Gasteiger partial charge on any atom is -0.508 e. The zero-order valence-electron chi connectivity index (χ0n) is 10.3. The van der Waals surface area contributed by atoms with Gasteiger partial charge in [-0.1, -0.05) is 17.7 Å². The van der Waals surface area contributed by atoms with Gasteiger partial charge in [-0.05, 0) is 49.7 Å². The molecule has 1 N–H and O–H groups in total. The normalized spacial score (nSPS) is 10.1. The van der Waals surface area contributed by atoms with E-state index in [9.17, 15) is 9.90 Å². The highest BCUT2D eigenvalue weighted by Crippen LogP contribution is 2.22. The standard InChI is InChI=1S/C15H14O3/c1-10-3-5-12(6-4-10)15(17)18-13-7-8-14(16)11(2)9-13/h3-9,16H,1-2H3.